The van der Waals surface area contributed by atoms with Crippen molar-refractivity contribution in [1.29, 1.82) is 0 Å². The molecule has 0 aliphatic carbocycles. The topological polar surface area (TPSA) is 83.5 Å². The van der Waals surface area contributed by atoms with Gasteiger partial charge in [0, 0.05) is 16.2 Å². The van der Waals surface area contributed by atoms with E-state index in [1.807, 2.05) is 0 Å². The molecule has 0 spiro atoms. The first kappa shape index (κ1) is 15.8. The predicted molar refractivity (Wildman–Crippen MR) is 80.9 cm³/mol. The van der Waals surface area contributed by atoms with Crippen molar-refractivity contribution in [3.63, 3.8) is 0 Å². The van der Waals surface area contributed by atoms with Crippen molar-refractivity contribution in [1.82, 2.24) is 4.72 Å². The highest BCUT2D eigenvalue weighted by Gasteiger charge is 2.31. The van der Waals surface area contributed by atoms with Crippen LogP contribution in [0.5, 0.6) is 0 Å². The molecule has 1 unspecified atom stereocenters. The maximum absolute atomic E-state index is 12.2. The van der Waals surface area contributed by atoms with Gasteiger partial charge in [0.1, 0.15) is 4.21 Å². The van der Waals surface area contributed by atoms with Crippen molar-refractivity contribution >= 4 is 39.1 Å². The van der Waals surface area contributed by atoms with Crippen molar-refractivity contribution in [2.24, 2.45) is 0 Å². The van der Waals surface area contributed by atoms with Crippen molar-refractivity contribution in [3.8, 4) is 0 Å². The molecule has 0 aromatic carbocycles. The third-order valence-electron chi connectivity index (χ3n) is 3.16. The number of aliphatic carboxylic acids is 1. The fourth-order valence-electron chi connectivity index (χ4n) is 2.04. The van der Waals surface area contributed by atoms with Crippen molar-refractivity contribution in [2.75, 3.05) is 12.3 Å². The lowest BCUT2D eigenvalue weighted by Crippen LogP contribution is -2.36. The zero-order valence-corrected chi connectivity index (χ0v) is 13.5. The summed E-state index contributed by atoms with van der Waals surface area (Å²) in [4.78, 5) is 11.1. The van der Waals surface area contributed by atoms with Crippen LogP contribution < -0.4 is 4.72 Å². The molecule has 20 heavy (non-hydrogen) atoms. The molecule has 1 atom stereocenters. The number of sulfonamides is 1. The quantitative estimate of drug-likeness (QED) is 0.830. The molecular weight excluding hydrogens is 318 g/mol. The van der Waals surface area contributed by atoms with Gasteiger partial charge in [0.05, 0.1) is 6.42 Å². The normalized spacial score (nSPS) is 23.1. The molecule has 1 aromatic heterocycles. The Morgan fingerprint density at radius 2 is 2.25 bits per heavy atom. The molecule has 2 rings (SSSR count). The first-order chi connectivity index (χ1) is 9.31. The van der Waals surface area contributed by atoms with Gasteiger partial charge in [-0.3, -0.25) is 4.79 Å². The molecule has 1 aromatic rings. The zero-order valence-electron chi connectivity index (χ0n) is 11.1. The molecule has 5 nitrogen and oxygen atoms in total. The second-order valence-corrected chi connectivity index (χ2v) is 9.86. The van der Waals surface area contributed by atoms with Gasteiger partial charge in [-0.1, -0.05) is 0 Å². The van der Waals surface area contributed by atoms with Crippen LogP contribution >= 0.6 is 23.1 Å². The molecule has 0 amide bonds. The highest BCUT2D eigenvalue weighted by atomic mass is 32.2. The molecular formula is C12H17NO4S3. The van der Waals surface area contributed by atoms with E-state index in [9.17, 15) is 13.2 Å². The summed E-state index contributed by atoms with van der Waals surface area (Å²) in [6.45, 7) is 2.48. The number of hydrogen-bond donors (Lipinski definition) is 2. The molecule has 8 heteroatoms. The fourth-order valence-corrected chi connectivity index (χ4v) is 5.94. The Bertz CT molecular complexity index is 588. The van der Waals surface area contributed by atoms with E-state index >= 15 is 0 Å². The van der Waals surface area contributed by atoms with Crippen LogP contribution in [0, 0.1) is 0 Å². The maximum atomic E-state index is 12.2. The lowest BCUT2D eigenvalue weighted by molar-refractivity contribution is -0.136. The van der Waals surface area contributed by atoms with Crippen LogP contribution in [-0.2, 0) is 21.2 Å². The van der Waals surface area contributed by atoms with Crippen LogP contribution in [0.25, 0.3) is 0 Å². The smallest absolute Gasteiger partial charge is 0.308 e. The molecule has 2 heterocycles. The van der Waals surface area contributed by atoms with Gasteiger partial charge in [-0.05, 0) is 37.7 Å². The van der Waals surface area contributed by atoms with Gasteiger partial charge in [-0.15, -0.1) is 11.3 Å². The summed E-state index contributed by atoms with van der Waals surface area (Å²) in [5.74, 6) is 0.110. The lowest BCUT2D eigenvalue weighted by atomic mass is 10.1. The summed E-state index contributed by atoms with van der Waals surface area (Å²) in [6.07, 6.45) is 1.98. The Labute approximate surface area is 126 Å². The third kappa shape index (κ3) is 3.97. The Morgan fingerprint density at radius 1 is 1.50 bits per heavy atom. The van der Waals surface area contributed by atoms with Gasteiger partial charge >= 0.3 is 5.97 Å². The predicted octanol–water partition coefficient (Wildman–Crippen LogP) is 1.94. The van der Waals surface area contributed by atoms with E-state index in [1.165, 1.54) is 6.07 Å². The van der Waals surface area contributed by atoms with Crippen molar-refractivity contribution in [2.45, 2.75) is 35.1 Å². The first-order valence-corrected chi connectivity index (χ1v) is 9.53. The van der Waals surface area contributed by atoms with E-state index < -0.39 is 16.0 Å². The van der Waals surface area contributed by atoms with E-state index in [2.05, 4.69) is 11.6 Å². The Morgan fingerprint density at radius 3 is 2.85 bits per heavy atom. The molecule has 0 radical (unpaired) electrons. The van der Waals surface area contributed by atoms with Gasteiger partial charge in [-0.2, -0.15) is 11.8 Å². The molecule has 1 aliphatic heterocycles. The molecule has 0 saturated carbocycles. The number of hydrogen-bond acceptors (Lipinski definition) is 5. The van der Waals surface area contributed by atoms with E-state index in [1.54, 1.807) is 17.8 Å². The van der Waals surface area contributed by atoms with E-state index in [-0.39, 0.29) is 15.4 Å². The van der Waals surface area contributed by atoms with Crippen LogP contribution in [0.4, 0.5) is 0 Å². The van der Waals surface area contributed by atoms with E-state index in [0.29, 0.717) is 11.4 Å². The van der Waals surface area contributed by atoms with Gasteiger partial charge in [0.2, 0.25) is 10.0 Å². The summed E-state index contributed by atoms with van der Waals surface area (Å²) in [5.41, 5.74) is 0. The molecule has 0 bridgehead atoms. The zero-order chi connectivity index (χ0) is 14.8. The maximum Gasteiger partial charge on any atom is 0.308 e. The average molecular weight is 335 g/mol. The Hall–Kier alpha value is -0.570. The SMILES string of the molecule is CC1(CNS(=O)(=O)c2ccc(CC(=O)O)s2)CCCS1. The number of nitrogens with one attached hydrogen (secondary N) is 1. The summed E-state index contributed by atoms with van der Waals surface area (Å²) in [6, 6.07) is 3.02. The second-order valence-electron chi connectivity index (χ2n) is 5.02. The minimum absolute atomic E-state index is 0.0335. The minimum Gasteiger partial charge on any atom is -0.481 e. The largest absolute Gasteiger partial charge is 0.481 e. The summed E-state index contributed by atoms with van der Waals surface area (Å²) in [7, 11) is -3.54. The monoisotopic (exact) mass is 335 g/mol. The van der Waals surface area contributed by atoms with Crippen molar-refractivity contribution < 1.29 is 18.3 Å². The Kier molecular flexibility index (Phi) is 4.78. The third-order valence-corrected chi connectivity index (χ3v) is 7.68. The van der Waals surface area contributed by atoms with Crippen LogP contribution in [0.2, 0.25) is 0 Å². The number of thioether (sulfide) groups is 1. The lowest BCUT2D eigenvalue weighted by Gasteiger charge is -2.22. The Balaban J connectivity index is 2.02. The number of rotatable bonds is 6. The average Bonchev–Trinajstić information content (AvgIpc) is 2.97. The summed E-state index contributed by atoms with van der Waals surface area (Å²) < 4.78 is 27.1. The molecule has 1 saturated heterocycles. The van der Waals surface area contributed by atoms with E-state index in [4.69, 9.17) is 5.11 Å². The summed E-state index contributed by atoms with van der Waals surface area (Å²) in [5, 5.41) is 8.70. The summed E-state index contributed by atoms with van der Waals surface area (Å²) >= 11 is 2.80. The molecule has 1 aliphatic rings. The van der Waals surface area contributed by atoms with Crippen molar-refractivity contribution in [3.05, 3.63) is 17.0 Å². The molecule has 1 fully saturated rings. The first-order valence-electron chi connectivity index (χ1n) is 6.25. The molecule has 112 valence electrons. The second kappa shape index (κ2) is 6.05. The number of thiophene rings is 1. The van der Waals surface area contributed by atoms with Crippen LogP contribution in [0.15, 0.2) is 16.3 Å². The fraction of sp³-hybridized carbons (Fsp3) is 0.583. The highest BCUT2D eigenvalue weighted by molar-refractivity contribution is 8.01. The standard InChI is InChI=1S/C12H17NO4S3/c1-12(5-2-6-18-12)8-13-20(16,17)11-4-3-9(19-11)7-10(14)15/h3-4,13H,2,5-8H2,1H3,(H,14,15). The van der Waals surface area contributed by atoms with Crippen LogP contribution in [0.1, 0.15) is 24.6 Å². The minimum atomic E-state index is -3.54. The van der Waals surface area contributed by atoms with E-state index in [0.717, 1.165) is 29.9 Å². The van der Waals surface area contributed by atoms with Gasteiger partial charge in [0.15, 0.2) is 0 Å². The molecule has 2 N–H and O–H groups in total. The van der Waals surface area contributed by atoms with Crippen LogP contribution in [-0.4, -0.2) is 36.5 Å². The van der Waals surface area contributed by atoms with Gasteiger partial charge < -0.3 is 5.11 Å². The highest BCUT2D eigenvalue weighted by Crippen LogP contribution is 2.37. The number of carboxylic acid groups (broad SMARTS) is 1. The number of carboxylic acids is 1. The number of carbonyl (C=O) groups is 1. The van der Waals surface area contributed by atoms with Gasteiger partial charge in [-0.25, -0.2) is 13.1 Å². The van der Waals surface area contributed by atoms with Gasteiger partial charge in [0.25, 0.3) is 0 Å². The van der Waals surface area contributed by atoms with Crippen LogP contribution in [0.3, 0.4) is 0 Å².